The van der Waals surface area contributed by atoms with Crippen molar-refractivity contribution in [2.45, 2.75) is 31.6 Å². The van der Waals surface area contributed by atoms with E-state index in [0.717, 1.165) is 0 Å². The third-order valence-electron chi connectivity index (χ3n) is 4.27. The molecule has 0 aliphatic heterocycles. The molecule has 2 rings (SSSR count). The fourth-order valence-electron chi connectivity index (χ4n) is 2.73. The number of carbonyl (C=O) groups excluding carboxylic acids is 2. The number of unbranched alkanes of at least 4 members (excludes halogenated alkanes) is 2. The third kappa shape index (κ3) is 7.43. The van der Waals surface area contributed by atoms with Gasteiger partial charge in [0.2, 0.25) is 0 Å². The highest BCUT2D eigenvalue weighted by Gasteiger charge is 2.37. The Morgan fingerprint density at radius 2 is 1.00 bits per heavy atom. The van der Waals surface area contributed by atoms with Crippen molar-refractivity contribution in [1.82, 2.24) is 0 Å². The van der Waals surface area contributed by atoms with E-state index in [1.807, 2.05) is 0 Å². The maximum atomic E-state index is 13.2. The van der Waals surface area contributed by atoms with Crippen LogP contribution in [0.1, 0.15) is 51.1 Å². The second-order valence-electron chi connectivity index (χ2n) is 6.71. The minimum Gasteiger partial charge on any atom is -0.462 e. The quantitative estimate of drug-likeness (QED) is 0.255. The standard InChI is InChI=1S/C21H16F8O4/c22-12-4-6-16(20(24,25)26)14(10-12)18(30)32-8-2-1-3-9-33-19(31)15-11-13(23)5-7-17(15)21(27,28)29/h4-7,10-11H,1-3,8-9H2. The topological polar surface area (TPSA) is 52.6 Å². The lowest BCUT2D eigenvalue weighted by Gasteiger charge is -2.13. The molecule has 0 saturated heterocycles. The average Bonchev–Trinajstić information content (AvgIpc) is 2.70. The molecule has 33 heavy (non-hydrogen) atoms. The lowest BCUT2D eigenvalue weighted by Crippen LogP contribution is -2.16. The Morgan fingerprint density at radius 1 is 0.636 bits per heavy atom. The Balaban J connectivity index is 1.80. The minimum absolute atomic E-state index is 0.119. The van der Waals surface area contributed by atoms with Crippen LogP contribution >= 0.6 is 0 Å². The molecular weight excluding hydrogens is 468 g/mol. The highest BCUT2D eigenvalue weighted by Crippen LogP contribution is 2.33. The summed E-state index contributed by atoms with van der Waals surface area (Å²) in [5.41, 5.74) is -4.66. The zero-order chi connectivity index (χ0) is 24.8. The Morgan fingerprint density at radius 3 is 1.33 bits per heavy atom. The van der Waals surface area contributed by atoms with Crippen LogP contribution in [0.4, 0.5) is 35.1 Å². The van der Waals surface area contributed by atoms with Crippen LogP contribution in [0.2, 0.25) is 0 Å². The lowest BCUT2D eigenvalue weighted by molar-refractivity contribution is -0.138. The largest absolute Gasteiger partial charge is 0.462 e. The van der Waals surface area contributed by atoms with Gasteiger partial charge in [-0.1, -0.05) is 0 Å². The van der Waals surface area contributed by atoms with E-state index in [0.29, 0.717) is 36.4 Å². The van der Waals surface area contributed by atoms with E-state index in [1.54, 1.807) is 0 Å². The van der Waals surface area contributed by atoms with Gasteiger partial charge in [0, 0.05) is 0 Å². The molecule has 0 aliphatic carbocycles. The van der Waals surface area contributed by atoms with Crippen molar-refractivity contribution >= 4 is 11.9 Å². The fourth-order valence-corrected chi connectivity index (χ4v) is 2.73. The minimum atomic E-state index is -4.89. The van der Waals surface area contributed by atoms with Gasteiger partial charge < -0.3 is 9.47 Å². The highest BCUT2D eigenvalue weighted by atomic mass is 19.4. The monoisotopic (exact) mass is 484 g/mol. The predicted molar refractivity (Wildman–Crippen MR) is 97.2 cm³/mol. The summed E-state index contributed by atoms with van der Waals surface area (Å²) in [6.45, 7) is -0.661. The highest BCUT2D eigenvalue weighted by molar-refractivity contribution is 5.91. The molecule has 0 fully saturated rings. The molecule has 0 spiro atoms. The molecule has 2 aromatic carbocycles. The van der Waals surface area contributed by atoms with Crippen LogP contribution in [0.3, 0.4) is 0 Å². The second-order valence-corrected chi connectivity index (χ2v) is 6.71. The van der Waals surface area contributed by atoms with Crippen LogP contribution in [0.5, 0.6) is 0 Å². The number of hydrogen-bond donors (Lipinski definition) is 0. The van der Waals surface area contributed by atoms with Crippen LogP contribution in [-0.2, 0) is 21.8 Å². The van der Waals surface area contributed by atoms with Crippen molar-refractivity contribution in [1.29, 1.82) is 0 Å². The van der Waals surface area contributed by atoms with Crippen LogP contribution in [-0.4, -0.2) is 25.2 Å². The van der Waals surface area contributed by atoms with Gasteiger partial charge in [-0.2, -0.15) is 26.3 Å². The number of benzene rings is 2. The van der Waals surface area contributed by atoms with Crippen molar-refractivity contribution in [2.75, 3.05) is 13.2 Å². The number of alkyl halides is 6. The van der Waals surface area contributed by atoms with Gasteiger partial charge >= 0.3 is 24.3 Å². The molecule has 0 aliphatic rings. The number of ether oxygens (including phenoxy) is 2. The first-order chi connectivity index (χ1) is 15.3. The Labute approximate surface area is 182 Å². The summed E-state index contributed by atoms with van der Waals surface area (Å²) in [4.78, 5) is 23.7. The lowest BCUT2D eigenvalue weighted by atomic mass is 10.1. The first-order valence-electron chi connectivity index (χ1n) is 9.38. The van der Waals surface area contributed by atoms with Gasteiger partial charge in [0.05, 0.1) is 35.5 Å². The van der Waals surface area contributed by atoms with Crippen LogP contribution in [0, 0.1) is 11.6 Å². The van der Waals surface area contributed by atoms with Gasteiger partial charge in [0.15, 0.2) is 0 Å². The summed E-state index contributed by atoms with van der Waals surface area (Å²) >= 11 is 0. The number of hydrogen-bond acceptors (Lipinski definition) is 4. The number of halogens is 8. The summed E-state index contributed by atoms with van der Waals surface area (Å²) < 4.78 is 113. The van der Waals surface area contributed by atoms with Gasteiger partial charge in [-0.15, -0.1) is 0 Å². The summed E-state index contributed by atoms with van der Waals surface area (Å²) in [5.74, 6) is -4.86. The van der Waals surface area contributed by atoms with E-state index in [2.05, 4.69) is 0 Å². The van der Waals surface area contributed by atoms with Crippen molar-refractivity contribution in [2.24, 2.45) is 0 Å². The van der Waals surface area contributed by atoms with Crippen molar-refractivity contribution in [3.63, 3.8) is 0 Å². The summed E-state index contributed by atoms with van der Waals surface area (Å²) in [6, 6.07) is 2.77. The molecule has 0 heterocycles. The molecule has 12 heteroatoms. The smallest absolute Gasteiger partial charge is 0.417 e. The summed E-state index contributed by atoms with van der Waals surface area (Å²) in [6.07, 6.45) is -9.31. The molecule has 0 radical (unpaired) electrons. The van der Waals surface area contributed by atoms with Crippen LogP contribution in [0.15, 0.2) is 36.4 Å². The molecule has 0 aromatic heterocycles. The van der Waals surface area contributed by atoms with Gasteiger partial charge in [-0.3, -0.25) is 0 Å². The molecule has 0 saturated carbocycles. The molecular formula is C21H16F8O4. The first-order valence-corrected chi connectivity index (χ1v) is 9.38. The number of rotatable bonds is 8. The molecule has 2 aromatic rings. The molecule has 0 unspecified atom stereocenters. The Kier molecular flexibility index (Phi) is 8.39. The number of esters is 2. The Bertz CT molecular complexity index is 919. The first kappa shape index (κ1) is 26.1. The zero-order valence-electron chi connectivity index (χ0n) is 16.7. The zero-order valence-corrected chi connectivity index (χ0v) is 16.7. The fraction of sp³-hybridized carbons (Fsp3) is 0.333. The van der Waals surface area contributed by atoms with Crippen LogP contribution < -0.4 is 0 Å². The molecule has 0 atom stereocenters. The average molecular weight is 484 g/mol. The van der Waals surface area contributed by atoms with Gasteiger partial charge in [-0.25, -0.2) is 18.4 Å². The van der Waals surface area contributed by atoms with E-state index in [-0.39, 0.29) is 32.5 Å². The normalized spacial score (nSPS) is 11.9. The van der Waals surface area contributed by atoms with Gasteiger partial charge in [0.1, 0.15) is 11.6 Å². The van der Waals surface area contributed by atoms with Crippen molar-refractivity contribution < 1.29 is 54.2 Å². The van der Waals surface area contributed by atoms with Crippen LogP contribution in [0.25, 0.3) is 0 Å². The molecule has 0 amide bonds. The maximum absolute atomic E-state index is 13.2. The van der Waals surface area contributed by atoms with Gasteiger partial charge in [0.25, 0.3) is 0 Å². The third-order valence-corrected chi connectivity index (χ3v) is 4.27. The van der Waals surface area contributed by atoms with E-state index >= 15 is 0 Å². The molecule has 0 bridgehead atoms. The summed E-state index contributed by atoms with van der Waals surface area (Å²) in [5, 5.41) is 0. The van der Waals surface area contributed by atoms with Crippen molar-refractivity contribution in [3.8, 4) is 0 Å². The second kappa shape index (κ2) is 10.6. The van der Waals surface area contributed by atoms with Gasteiger partial charge in [-0.05, 0) is 55.7 Å². The molecule has 4 nitrogen and oxygen atoms in total. The predicted octanol–water partition coefficient (Wildman–Crippen LogP) is 6.19. The summed E-state index contributed by atoms with van der Waals surface area (Å²) in [7, 11) is 0. The number of carbonyl (C=O) groups is 2. The molecule has 0 N–H and O–H groups in total. The maximum Gasteiger partial charge on any atom is 0.417 e. The Hall–Kier alpha value is -3.18. The molecule has 180 valence electrons. The van der Waals surface area contributed by atoms with E-state index in [4.69, 9.17) is 9.47 Å². The van der Waals surface area contributed by atoms with E-state index in [9.17, 15) is 44.7 Å². The van der Waals surface area contributed by atoms with E-state index < -0.39 is 58.2 Å². The van der Waals surface area contributed by atoms with Crippen molar-refractivity contribution in [3.05, 3.63) is 70.3 Å². The van der Waals surface area contributed by atoms with E-state index in [1.165, 1.54) is 0 Å². The SMILES string of the molecule is O=C(OCCCCCOC(=O)c1cc(F)ccc1C(F)(F)F)c1cc(F)ccc1C(F)(F)F.